The molecule has 0 radical (unpaired) electrons. The number of likely N-dealkylation sites (tertiary alicyclic amines) is 1. The van der Waals surface area contributed by atoms with E-state index in [1.807, 2.05) is 18.0 Å². The summed E-state index contributed by atoms with van der Waals surface area (Å²) in [4.78, 5) is 4.41. The van der Waals surface area contributed by atoms with Gasteiger partial charge in [0.25, 0.3) is 5.92 Å². The molecule has 0 unspecified atom stereocenters. The number of nitrogens with zero attached hydrogens (tertiary/aromatic N) is 3. The Labute approximate surface area is 173 Å². The SMILES string of the molecule is CCCN(C)C[C@@H]1CC(F)(F)CN1C1CCN(S(=O)(=O)c2ccccc2C)CC1. The van der Waals surface area contributed by atoms with Crippen LogP contribution in [0.25, 0.3) is 0 Å². The molecule has 0 amide bonds. The van der Waals surface area contributed by atoms with Crippen molar-refractivity contribution >= 4 is 10.0 Å². The topological polar surface area (TPSA) is 43.9 Å². The molecule has 0 N–H and O–H groups in total. The fourth-order valence-electron chi connectivity index (χ4n) is 4.75. The Morgan fingerprint density at radius 2 is 1.86 bits per heavy atom. The monoisotopic (exact) mass is 429 g/mol. The molecule has 0 aliphatic carbocycles. The Kier molecular flexibility index (Phi) is 6.98. The molecule has 164 valence electrons. The van der Waals surface area contributed by atoms with E-state index in [1.54, 1.807) is 25.1 Å². The molecule has 0 saturated carbocycles. The Hall–Kier alpha value is -1.09. The van der Waals surface area contributed by atoms with E-state index in [0.717, 1.165) is 18.5 Å². The first kappa shape index (κ1) is 22.6. The van der Waals surface area contributed by atoms with Crippen LogP contribution >= 0.6 is 0 Å². The number of alkyl halides is 2. The van der Waals surface area contributed by atoms with Crippen LogP contribution in [-0.2, 0) is 10.0 Å². The highest BCUT2D eigenvalue weighted by molar-refractivity contribution is 7.89. The lowest BCUT2D eigenvalue weighted by Gasteiger charge is -2.39. The smallest absolute Gasteiger partial charge is 0.262 e. The summed E-state index contributed by atoms with van der Waals surface area (Å²) in [5.74, 6) is -2.66. The molecule has 0 aromatic heterocycles. The minimum absolute atomic E-state index is 0.00622. The quantitative estimate of drug-likeness (QED) is 0.668. The van der Waals surface area contributed by atoms with Gasteiger partial charge in [-0.3, -0.25) is 4.90 Å². The minimum atomic E-state index is -3.54. The highest BCUT2D eigenvalue weighted by atomic mass is 32.2. The molecule has 0 spiro atoms. The number of rotatable bonds is 7. The van der Waals surface area contributed by atoms with Gasteiger partial charge in [0, 0.05) is 38.1 Å². The van der Waals surface area contributed by atoms with E-state index in [0.29, 0.717) is 37.4 Å². The van der Waals surface area contributed by atoms with Gasteiger partial charge in [-0.15, -0.1) is 0 Å². The van der Waals surface area contributed by atoms with Crippen molar-refractivity contribution in [3.05, 3.63) is 29.8 Å². The molecule has 2 fully saturated rings. The molecule has 2 aliphatic heterocycles. The standard InChI is InChI=1S/C21H33F2N3O2S/c1-4-11-24(3)15-19-14-21(22,23)16-26(19)18-9-12-25(13-10-18)29(27,28)20-8-6-5-7-17(20)2/h5-8,18-19H,4,9-16H2,1-3H3/t19-/m0/s1. The van der Waals surface area contributed by atoms with Gasteiger partial charge in [0.2, 0.25) is 10.0 Å². The number of hydrogen-bond donors (Lipinski definition) is 0. The van der Waals surface area contributed by atoms with Crippen LogP contribution in [0.2, 0.25) is 0 Å². The van der Waals surface area contributed by atoms with Crippen LogP contribution < -0.4 is 0 Å². The zero-order chi connectivity index (χ0) is 21.2. The number of sulfonamides is 1. The van der Waals surface area contributed by atoms with Crippen molar-refractivity contribution in [2.45, 2.75) is 62.4 Å². The van der Waals surface area contributed by atoms with E-state index in [9.17, 15) is 17.2 Å². The molecule has 8 heteroatoms. The Balaban J connectivity index is 1.66. The van der Waals surface area contributed by atoms with Crippen molar-refractivity contribution in [1.29, 1.82) is 0 Å². The minimum Gasteiger partial charge on any atom is -0.305 e. The predicted octanol–water partition coefficient (Wildman–Crippen LogP) is 3.20. The van der Waals surface area contributed by atoms with Crippen LogP contribution in [0, 0.1) is 6.92 Å². The maximum absolute atomic E-state index is 14.2. The molecule has 3 rings (SSSR count). The first-order valence-corrected chi connectivity index (χ1v) is 12.0. The lowest BCUT2D eigenvalue weighted by Crippen LogP contribution is -2.50. The molecule has 0 bridgehead atoms. The highest BCUT2D eigenvalue weighted by Crippen LogP contribution is 2.36. The molecule has 2 saturated heterocycles. The Morgan fingerprint density at radius 3 is 2.48 bits per heavy atom. The lowest BCUT2D eigenvalue weighted by molar-refractivity contribution is 0.00468. The summed E-state index contributed by atoms with van der Waals surface area (Å²) in [6, 6.07) is 6.82. The molecule has 1 atom stereocenters. The van der Waals surface area contributed by atoms with Gasteiger partial charge in [0.1, 0.15) is 0 Å². The zero-order valence-corrected chi connectivity index (χ0v) is 18.5. The zero-order valence-electron chi connectivity index (χ0n) is 17.7. The molecular formula is C21H33F2N3O2S. The Morgan fingerprint density at radius 1 is 1.21 bits per heavy atom. The van der Waals surface area contributed by atoms with Crippen molar-refractivity contribution in [1.82, 2.24) is 14.1 Å². The van der Waals surface area contributed by atoms with E-state index in [2.05, 4.69) is 11.8 Å². The summed E-state index contributed by atoms with van der Waals surface area (Å²) in [5.41, 5.74) is 0.729. The van der Waals surface area contributed by atoms with Crippen molar-refractivity contribution < 1.29 is 17.2 Å². The van der Waals surface area contributed by atoms with Crippen LogP contribution in [0.1, 0.15) is 38.2 Å². The van der Waals surface area contributed by atoms with Gasteiger partial charge in [0.05, 0.1) is 11.4 Å². The third-order valence-electron chi connectivity index (χ3n) is 6.15. The summed E-state index contributed by atoms with van der Waals surface area (Å²) < 4.78 is 55.9. The molecule has 1 aromatic rings. The number of piperidine rings is 1. The molecule has 5 nitrogen and oxygen atoms in total. The fraction of sp³-hybridized carbons (Fsp3) is 0.714. The van der Waals surface area contributed by atoms with Gasteiger partial charge in [-0.05, 0) is 51.4 Å². The molecule has 1 aromatic carbocycles. The van der Waals surface area contributed by atoms with Gasteiger partial charge in [-0.1, -0.05) is 25.1 Å². The largest absolute Gasteiger partial charge is 0.305 e. The van der Waals surface area contributed by atoms with E-state index < -0.39 is 15.9 Å². The average Bonchev–Trinajstić information content (AvgIpc) is 2.96. The number of hydrogen-bond acceptors (Lipinski definition) is 4. The summed E-state index contributed by atoms with van der Waals surface area (Å²) in [6.45, 7) is 5.94. The number of benzene rings is 1. The number of likely N-dealkylation sites (N-methyl/N-ethyl adjacent to an activating group) is 1. The molecular weight excluding hydrogens is 396 g/mol. The van der Waals surface area contributed by atoms with Crippen molar-refractivity contribution in [3.63, 3.8) is 0 Å². The number of aryl methyl sites for hydroxylation is 1. The summed E-state index contributed by atoms with van der Waals surface area (Å²) in [7, 11) is -1.56. The van der Waals surface area contributed by atoms with Gasteiger partial charge in [-0.2, -0.15) is 4.31 Å². The highest BCUT2D eigenvalue weighted by Gasteiger charge is 2.48. The number of halogens is 2. The third kappa shape index (κ3) is 5.16. The second kappa shape index (κ2) is 8.96. The Bertz CT molecular complexity index is 795. The van der Waals surface area contributed by atoms with E-state index in [4.69, 9.17) is 0 Å². The molecule has 29 heavy (non-hydrogen) atoms. The average molecular weight is 430 g/mol. The van der Waals surface area contributed by atoms with Gasteiger partial charge in [0.15, 0.2) is 0 Å². The first-order chi connectivity index (χ1) is 13.6. The van der Waals surface area contributed by atoms with E-state index >= 15 is 0 Å². The second-order valence-corrected chi connectivity index (χ2v) is 10.5. The van der Waals surface area contributed by atoms with Crippen LogP contribution in [0.5, 0.6) is 0 Å². The predicted molar refractivity (Wildman–Crippen MR) is 111 cm³/mol. The lowest BCUT2D eigenvalue weighted by atomic mass is 10.0. The summed E-state index contributed by atoms with van der Waals surface area (Å²) >= 11 is 0. The molecule has 2 heterocycles. The molecule has 2 aliphatic rings. The van der Waals surface area contributed by atoms with Gasteiger partial charge >= 0.3 is 0 Å². The normalized spacial score (nSPS) is 24.4. The third-order valence-corrected chi connectivity index (χ3v) is 8.21. The summed E-state index contributed by atoms with van der Waals surface area (Å²) in [5, 5.41) is 0. The van der Waals surface area contributed by atoms with Crippen molar-refractivity contribution in [2.24, 2.45) is 0 Å². The second-order valence-electron chi connectivity index (χ2n) is 8.55. The van der Waals surface area contributed by atoms with Crippen LogP contribution in [0.15, 0.2) is 29.2 Å². The van der Waals surface area contributed by atoms with E-state index in [1.165, 1.54) is 4.31 Å². The fourth-order valence-corrected chi connectivity index (χ4v) is 6.45. The van der Waals surface area contributed by atoms with Crippen LogP contribution in [-0.4, -0.2) is 80.3 Å². The maximum atomic E-state index is 14.2. The van der Waals surface area contributed by atoms with Crippen LogP contribution in [0.4, 0.5) is 8.78 Å². The maximum Gasteiger partial charge on any atom is 0.262 e. The van der Waals surface area contributed by atoms with Crippen molar-refractivity contribution in [3.8, 4) is 0 Å². The van der Waals surface area contributed by atoms with Crippen molar-refractivity contribution in [2.75, 3.05) is 39.8 Å². The first-order valence-electron chi connectivity index (χ1n) is 10.5. The van der Waals surface area contributed by atoms with Gasteiger partial charge in [-0.25, -0.2) is 17.2 Å². The van der Waals surface area contributed by atoms with Crippen LogP contribution in [0.3, 0.4) is 0 Å². The van der Waals surface area contributed by atoms with Gasteiger partial charge < -0.3 is 4.90 Å². The summed E-state index contributed by atoms with van der Waals surface area (Å²) in [6.07, 6.45) is 2.07. The van der Waals surface area contributed by atoms with E-state index in [-0.39, 0.29) is 25.0 Å².